The number of anilines is 2. The molecule has 0 saturated carbocycles. The number of thiazole rings is 1. The molecular weight excluding hydrogens is 390 g/mol. The van der Waals surface area contributed by atoms with Crippen LogP contribution in [0.15, 0.2) is 35.8 Å². The Labute approximate surface area is 173 Å². The molecule has 0 saturated heterocycles. The van der Waals surface area contributed by atoms with Crippen molar-refractivity contribution in [3.05, 3.63) is 47.1 Å². The second kappa shape index (κ2) is 9.44. The molecule has 3 rings (SSSR count). The first-order valence-corrected chi connectivity index (χ1v) is 9.93. The standard InChI is InChI=1S/C20H23N5O3S/c1-5-28-19(26)16-10-21-17(13-6-8-15(27-4)9-7-13)23-18(16)24-20-22-14(12-29-20)11-25(2)3/h6-10,12H,5,11H2,1-4H3,(H,21,22,23,24). The van der Waals surface area contributed by atoms with Crippen molar-refractivity contribution in [3.8, 4) is 17.1 Å². The summed E-state index contributed by atoms with van der Waals surface area (Å²) in [6.07, 6.45) is 1.47. The van der Waals surface area contributed by atoms with Gasteiger partial charge in [0.25, 0.3) is 0 Å². The second-order valence-corrected chi connectivity index (χ2v) is 7.27. The van der Waals surface area contributed by atoms with Gasteiger partial charge in [0.2, 0.25) is 0 Å². The van der Waals surface area contributed by atoms with Crippen LogP contribution in [-0.4, -0.2) is 53.6 Å². The third-order valence-electron chi connectivity index (χ3n) is 3.89. The molecule has 2 aromatic heterocycles. The fraction of sp³-hybridized carbons (Fsp3) is 0.300. The average molecular weight is 414 g/mol. The molecule has 1 aromatic carbocycles. The van der Waals surface area contributed by atoms with Crippen LogP contribution in [-0.2, 0) is 11.3 Å². The second-order valence-electron chi connectivity index (χ2n) is 6.41. The van der Waals surface area contributed by atoms with Crippen LogP contribution in [0.3, 0.4) is 0 Å². The minimum absolute atomic E-state index is 0.258. The van der Waals surface area contributed by atoms with Gasteiger partial charge in [-0.15, -0.1) is 11.3 Å². The molecule has 3 aromatic rings. The van der Waals surface area contributed by atoms with Crippen LogP contribution >= 0.6 is 11.3 Å². The summed E-state index contributed by atoms with van der Waals surface area (Å²) >= 11 is 1.45. The van der Waals surface area contributed by atoms with Crippen LogP contribution in [0.5, 0.6) is 5.75 Å². The topological polar surface area (TPSA) is 89.5 Å². The number of rotatable bonds is 8. The highest BCUT2D eigenvalue weighted by atomic mass is 32.1. The van der Waals surface area contributed by atoms with Crippen LogP contribution in [0.25, 0.3) is 11.4 Å². The van der Waals surface area contributed by atoms with E-state index >= 15 is 0 Å². The van der Waals surface area contributed by atoms with Crippen LogP contribution in [0, 0.1) is 0 Å². The van der Waals surface area contributed by atoms with Gasteiger partial charge in [0.1, 0.15) is 11.3 Å². The Bertz CT molecular complexity index is 973. The zero-order chi connectivity index (χ0) is 20.8. The Morgan fingerprint density at radius 2 is 1.97 bits per heavy atom. The van der Waals surface area contributed by atoms with Crippen molar-refractivity contribution in [1.29, 1.82) is 0 Å². The molecule has 0 atom stereocenters. The van der Waals surface area contributed by atoms with Crippen LogP contribution < -0.4 is 10.1 Å². The molecule has 0 amide bonds. The van der Waals surface area contributed by atoms with Crippen molar-refractivity contribution in [2.24, 2.45) is 0 Å². The molecule has 1 N–H and O–H groups in total. The highest BCUT2D eigenvalue weighted by Crippen LogP contribution is 2.26. The maximum atomic E-state index is 12.4. The summed E-state index contributed by atoms with van der Waals surface area (Å²) in [5.41, 5.74) is 2.00. The first-order valence-electron chi connectivity index (χ1n) is 9.05. The Kier molecular flexibility index (Phi) is 6.73. The Morgan fingerprint density at radius 1 is 1.21 bits per heavy atom. The number of aromatic nitrogens is 3. The third-order valence-corrected chi connectivity index (χ3v) is 4.69. The molecule has 2 heterocycles. The lowest BCUT2D eigenvalue weighted by Gasteiger charge is -2.10. The lowest BCUT2D eigenvalue weighted by molar-refractivity contribution is 0.0526. The molecule has 0 aliphatic carbocycles. The summed E-state index contributed by atoms with van der Waals surface area (Å²) in [5.74, 6) is 1.09. The zero-order valence-electron chi connectivity index (χ0n) is 16.8. The van der Waals surface area contributed by atoms with E-state index in [0.29, 0.717) is 16.8 Å². The maximum Gasteiger partial charge on any atom is 0.343 e. The van der Waals surface area contributed by atoms with Gasteiger partial charge in [-0.2, -0.15) is 0 Å². The minimum Gasteiger partial charge on any atom is -0.497 e. The Balaban J connectivity index is 1.94. The van der Waals surface area contributed by atoms with E-state index < -0.39 is 5.97 Å². The van der Waals surface area contributed by atoms with Gasteiger partial charge in [-0.1, -0.05) is 0 Å². The molecule has 0 unspecified atom stereocenters. The summed E-state index contributed by atoms with van der Waals surface area (Å²) in [7, 11) is 5.58. The predicted octanol–water partition coefficient (Wildman–Crippen LogP) is 3.59. The number of nitrogens with one attached hydrogen (secondary N) is 1. The molecule has 0 aliphatic heterocycles. The number of carbonyl (C=O) groups excluding carboxylic acids is 1. The van der Waals surface area contributed by atoms with Crippen molar-refractivity contribution in [2.45, 2.75) is 13.5 Å². The fourth-order valence-electron chi connectivity index (χ4n) is 2.58. The van der Waals surface area contributed by atoms with Gasteiger partial charge < -0.3 is 19.7 Å². The van der Waals surface area contributed by atoms with E-state index in [0.717, 1.165) is 23.6 Å². The molecule has 0 aliphatic rings. The van der Waals surface area contributed by atoms with Crippen molar-refractivity contribution in [3.63, 3.8) is 0 Å². The maximum absolute atomic E-state index is 12.4. The van der Waals surface area contributed by atoms with Gasteiger partial charge in [0, 0.05) is 23.7 Å². The molecule has 152 valence electrons. The van der Waals surface area contributed by atoms with Crippen LogP contribution in [0.1, 0.15) is 23.0 Å². The number of hydrogen-bond acceptors (Lipinski definition) is 9. The van der Waals surface area contributed by atoms with E-state index in [9.17, 15) is 4.79 Å². The van der Waals surface area contributed by atoms with Crippen molar-refractivity contribution >= 4 is 28.3 Å². The highest BCUT2D eigenvalue weighted by molar-refractivity contribution is 7.13. The lowest BCUT2D eigenvalue weighted by atomic mass is 10.2. The number of benzene rings is 1. The molecule has 0 spiro atoms. The van der Waals surface area contributed by atoms with Gasteiger partial charge in [-0.05, 0) is 45.3 Å². The quantitative estimate of drug-likeness (QED) is 0.561. The Hall–Kier alpha value is -3.04. The first-order chi connectivity index (χ1) is 14.0. The van der Waals surface area contributed by atoms with Crippen molar-refractivity contribution in [2.75, 3.05) is 33.1 Å². The summed E-state index contributed by atoms with van der Waals surface area (Å²) in [6.45, 7) is 2.75. The minimum atomic E-state index is -0.485. The zero-order valence-corrected chi connectivity index (χ0v) is 17.6. The average Bonchev–Trinajstić information content (AvgIpc) is 3.14. The largest absolute Gasteiger partial charge is 0.497 e. The van der Waals surface area contributed by atoms with Gasteiger partial charge in [0.05, 0.1) is 19.4 Å². The summed E-state index contributed by atoms with van der Waals surface area (Å²) in [6, 6.07) is 7.39. The number of nitrogens with zero attached hydrogens (tertiary/aromatic N) is 4. The normalized spacial score (nSPS) is 10.8. The van der Waals surface area contributed by atoms with E-state index in [1.165, 1.54) is 17.5 Å². The molecule has 8 nitrogen and oxygen atoms in total. The van der Waals surface area contributed by atoms with E-state index in [1.807, 2.05) is 48.6 Å². The third kappa shape index (κ3) is 5.27. The van der Waals surface area contributed by atoms with Crippen LogP contribution in [0.2, 0.25) is 0 Å². The fourth-order valence-corrected chi connectivity index (χ4v) is 3.28. The monoisotopic (exact) mass is 413 g/mol. The van der Waals surface area contributed by atoms with Gasteiger partial charge >= 0.3 is 5.97 Å². The number of methoxy groups -OCH3 is 1. The molecule has 0 fully saturated rings. The summed E-state index contributed by atoms with van der Waals surface area (Å²) < 4.78 is 10.3. The number of carbonyl (C=O) groups is 1. The lowest BCUT2D eigenvalue weighted by Crippen LogP contribution is -2.12. The molecule has 29 heavy (non-hydrogen) atoms. The number of hydrogen-bond donors (Lipinski definition) is 1. The first kappa shape index (κ1) is 20.7. The smallest absolute Gasteiger partial charge is 0.343 e. The van der Waals surface area contributed by atoms with Crippen LogP contribution in [0.4, 0.5) is 10.9 Å². The molecular formula is C20H23N5O3S. The SMILES string of the molecule is CCOC(=O)c1cnc(-c2ccc(OC)cc2)nc1Nc1nc(CN(C)C)cs1. The van der Waals surface area contributed by atoms with Gasteiger partial charge in [0.15, 0.2) is 16.8 Å². The number of ether oxygens (including phenoxy) is 2. The van der Waals surface area contributed by atoms with E-state index in [1.54, 1.807) is 14.0 Å². The van der Waals surface area contributed by atoms with Gasteiger partial charge in [-0.25, -0.2) is 19.7 Å². The van der Waals surface area contributed by atoms with E-state index in [-0.39, 0.29) is 12.2 Å². The molecule has 0 bridgehead atoms. The van der Waals surface area contributed by atoms with E-state index in [2.05, 4.69) is 20.3 Å². The van der Waals surface area contributed by atoms with E-state index in [4.69, 9.17) is 9.47 Å². The number of esters is 1. The predicted molar refractivity (Wildman–Crippen MR) is 113 cm³/mol. The van der Waals surface area contributed by atoms with Crippen molar-refractivity contribution in [1.82, 2.24) is 19.9 Å². The van der Waals surface area contributed by atoms with Gasteiger partial charge in [-0.3, -0.25) is 0 Å². The van der Waals surface area contributed by atoms with Crippen molar-refractivity contribution < 1.29 is 14.3 Å². The molecule has 0 radical (unpaired) electrons. The highest BCUT2D eigenvalue weighted by Gasteiger charge is 2.18. The molecule has 9 heteroatoms. The Morgan fingerprint density at radius 3 is 2.62 bits per heavy atom. The summed E-state index contributed by atoms with van der Waals surface area (Å²) in [4.78, 5) is 27.8. The summed E-state index contributed by atoms with van der Waals surface area (Å²) in [5, 5.41) is 5.77.